The highest BCUT2D eigenvalue weighted by atomic mass is 35.5. The van der Waals surface area contributed by atoms with Crippen molar-refractivity contribution in [2.45, 2.75) is 19.4 Å². The van der Waals surface area contributed by atoms with Crippen LogP contribution >= 0.6 is 0 Å². The van der Waals surface area contributed by atoms with Gasteiger partial charge in [-0.2, -0.15) is 4.84 Å². The third-order valence-electron chi connectivity index (χ3n) is 0.876. The van der Waals surface area contributed by atoms with Crippen molar-refractivity contribution < 1.29 is 33.0 Å². The molecular formula is C4H10ClNO3. The van der Waals surface area contributed by atoms with Crippen LogP contribution in [0.4, 0.5) is 0 Å². The first-order valence-corrected chi connectivity index (χ1v) is 2.17. The lowest BCUT2D eigenvalue weighted by Crippen LogP contribution is -3.00. The lowest BCUT2D eigenvalue weighted by atomic mass is 10.1. The molecule has 0 aromatic carbocycles. The van der Waals surface area contributed by atoms with Crippen molar-refractivity contribution in [1.82, 2.24) is 0 Å². The van der Waals surface area contributed by atoms with E-state index in [-0.39, 0.29) is 12.4 Å². The van der Waals surface area contributed by atoms with Gasteiger partial charge in [-0.1, -0.05) is 0 Å². The van der Waals surface area contributed by atoms with Crippen molar-refractivity contribution in [3.63, 3.8) is 0 Å². The molecule has 0 amide bonds. The number of hydrogen-bond donors (Lipinski definition) is 2. The van der Waals surface area contributed by atoms with Crippen molar-refractivity contribution in [3.05, 3.63) is 0 Å². The first kappa shape index (κ1) is 11.5. The SMILES string of the molecule is CC(C)(O[NH3+])C(=O)O.[Cl-]. The molecule has 4 N–H and O–H groups in total. The van der Waals surface area contributed by atoms with E-state index in [1.165, 1.54) is 13.8 Å². The molecule has 0 atom stereocenters. The molecule has 0 unspecified atom stereocenters. The third kappa shape index (κ3) is 3.29. The Morgan fingerprint density at radius 3 is 2.00 bits per heavy atom. The molecule has 4 nitrogen and oxygen atoms in total. The molecule has 0 aromatic heterocycles. The molecule has 0 fully saturated rings. The number of carboxylic acids is 1. The Morgan fingerprint density at radius 1 is 1.67 bits per heavy atom. The molecule has 0 aliphatic carbocycles. The summed E-state index contributed by atoms with van der Waals surface area (Å²) in [5, 5.41) is 8.28. The van der Waals surface area contributed by atoms with Crippen LogP contribution in [0.25, 0.3) is 0 Å². The minimum absolute atomic E-state index is 0. The van der Waals surface area contributed by atoms with Gasteiger partial charge in [-0.3, -0.25) is 0 Å². The zero-order valence-electron chi connectivity index (χ0n) is 5.35. The molecule has 0 saturated carbocycles. The maximum atomic E-state index is 10.1. The number of carboxylic acid groups (broad SMARTS) is 1. The molecule has 0 aliphatic rings. The van der Waals surface area contributed by atoms with E-state index in [4.69, 9.17) is 5.11 Å². The van der Waals surface area contributed by atoms with E-state index in [0.717, 1.165) is 0 Å². The summed E-state index contributed by atoms with van der Waals surface area (Å²) >= 11 is 0. The Kier molecular flexibility index (Phi) is 4.66. The lowest BCUT2D eigenvalue weighted by Gasteiger charge is -2.10. The zero-order chi connectivity index (χ0) is 6.78. The van der Waals surface area contributed by atoms with Crippen LogP contribution in [0.2, 0.25) is 0 Å². The van der Waals surface area contributed by atoms with Gasteiger partial charge in [-0.05, 0) is 13.8 Å². The maximum Gasteiger partial charge on any atom is 0.341 e. The predicted octanol–water partition coefficient (Wildman–Crippen LogP) is -3.97. The Balaban J connectivity index is 0. The highest BCUT2D eigenvalue weighted by molar-refractivity contribution is 5.76. The van der Waals surface area contributed by atoms with Gasteiger partial charge in [0.25, 0.3) is 0 Å². The molecule has 0 bridgehead atoms. The highest BCUT2D eigenvalue weighted by Crippen LogP contribution is 2.02. The fraction of sp³-hybridized carbons (Fsp3) is 0.750. The summed E-state index contributed by atoms with van der Waals surface area (Å²) in [6, 6.07) is 0. The van der Waals surface area contributed by atoms with Gasteiger partial charge in [0.15, 0.2) is 0 Å². The Morgan fingerprint density at radius 2 is 2.00 bits per heavy atom. The van der Waals surface area contributed by atoms with E-state index in [2.05, 4.69) is 10.7 Å². The lowest BCUT2D eigenvalue weighted by molar-refractivity contribution is -0.710. The number of hydrogen-bond acceptors (Lipinski definition) is 2. The number of carbonyl (C=O) groups is 1. The summed E-state index contributed by atoms with van der Waals surface area (Å²) in [4.78, 5) is 14.4. The van der Waals surface area contributed by atoms with Crippen molar-refractivity contribution in [2.75, 3.05) is 0 Å². The topological polar surface area (TPSA) is 74.2 Å². The molecule has 0 aliphatic heterocycles. The summed E-state index contributed by atoms with van der Waals surface area (Å²) in [5.74, 6) is 1.99. The molecular weight excluding hydrogens is 146 g/mol. The molecule has 0 spiro atoms. The molecule has 0 heterocycles. The van der Waals surface area contributed by atoms with Crippen molar-refractivity contribution in [3.8, 4) is 0 Å². The minimum Gasteiger partial charge on any atom is -1.00 e. The van der Waals surface area contributed by atoms with Crippen LogP contribution in [0.3, 0.4) is 0 Å². The largest absolute Gasteiger partial charge is 1.00 e. The van der Waals surface area contributed by atoms with E-state index in [0.29, 0.717) is 0 Å². The average Bonchev–Trinajstić information content (AvgIpc) is 1.67. The Hall–Kier alpha value is -0.320. The van der Waals surface area contributed by atoms with E-state index in [9.17, 15) is 4.79 Å². The fourth-order valence-corrected chi connectivity index (χ4v) is 0.0617. The fourth-order valence-electron chi connectivity index (χ4n) is 0.0617. The molecule has 5 heteroatoms. The second-order valence-corrected chi connectivity index (χ2v) is 1.96. The highest BCUT2D eigenvalue weighted by Gasteiger charge is 2.29. The normalized spacial score (nSPS) is 10.1. The van der Waals surface area contributed by atoms with Crippen LogP contribution in [0.15, 0.2) is 0 Å². The Labute approximate surface area is 59.4 Å². The number of quaternary nitrogens is 1. The van der Waals surface area contributed by atoms with E-state index in [1.54, 1.807) is 0 Å². The van der Waals surface area contributed by atoms with Gasteiger partial charge in [-0.15, -0.1) is 0 Å². The summed E-state index contributed by atoms with van der Waals surface area (Å²) in [7, 11) is 0. The molecule has 56 valence electrons. The van der Waals surface area contributed by atoms with Crippen LogP contribution in [0.1, 0.15) is 13.8 Å². The smallest absolute Gasteiger partial charge is 0.341 e. The first-order valence-electron chi connectivity index (χ1n) is 2.17. The molecule has 0 radical (unpaired) electrons. The molecule has 9 heavy (non-hydrogen) atoms. The number of rotatable bonds is 2. The van der Waals surface area contributed by atoms with Crippen LogP contribution in [0.5, 0.6) is 0 Å². The van der Waals surface area contributed by atoms with Crippen LogP contribution in [-0.4, -0.2) is 16.7 Å². The van der Waals surface area contributed by atoms with E-state index >= 15 is 0 Å². The number of halogens is 1. The van der Waals surface area contributed by atoms with Gasteiger partial charge >= 0.3 is 5.97 Å². The quantitative estimate of drug-likeness (QED) is 0.400. The molecule has 0 rings (SSSR count). The van der Waals surface area contributed by atoms with Gasteiger partial charge in [0.05, 0.1) is 0 Å². The second-order valence-electron chi connectivity index (χ2n) is 1.96. The van der Waals surface area contributed by atoms with Gasteiger partial charge in [0.2, 0.25) is 5.60 Å². The monoisotopic (exact) mass is 155 g/mol. The molecule has 0 saturated heterocycles. The van der Waals surface area contributed by atoms with E-state index < -0.39 is 11.6 Å². The summed E-state index contributed by atoms with van der Waals surface area (Å²) in [6.45, 7) is 2.87. The minimum atomic E-state index is -1.15. The standard InChI is InChI=1S/C4H9NO3.ClH/c1-4(2,8-5)3(6)7;/h1-2,5H3;1H. The third-order valence-corrected chi connectivity index (χ3v) is 0.876. The van der Waals surface area contributed by atoms with Crippen molar-refractivity contribution in [1.29, 1.82) is 0 Å². The van der Waals surface area contributed by atoms with Crippen molar-refractivity contribution in [2.24, 2.45) is 0 Å². The maximum absolute atomic E-state index is 10.1. The summed E-state index contributed by atoms with van der Waals surface area (Å²) < 4.78 is 0. The second kappa shape index (κ2) is 3.66. The first-order chi connectivity index (χ1) is 3.50. The van der Waals surface area contributed by atoms with Crippen LogP contribution in [-0.2, 0) is 9.63 Å². The summed E-state index contributed by atoms with van der Waals surface area (Å²) in [5.41, 5.74) is -1.15. The van der Waals surface area contributed by atoms with Gasteiger partial charge in [0, 0.05) is 0 Å². The average molecular weight is 156 g/mol. The predicted molar refractivity (Wildman–Crippen MR) is 25.7 cm³/mol. The number of aliphatic carboxylic acids is 1. The Bertz CT molecular complexity index is 104. The van der Waals surface area contributed by atoms with Gasteiger partial charge < -0.3 is 17.5 Å². The summed E-state index contributed by atoms with van der Waals surface area (Å²) in [6.07, 6.45) is 0. The van der Waals surface area contributed by atoms with E-state index in [1.807, 2.05) is 0 Å². The van der Waals surface area contributed by atoms with Crippen LogP contribution in [0, 0.1) is 0 Å². The van der Waals surface area contributed by atoms with Gasteiger partial charge in [-0.25, -0.2) is 10.7 Å². The van der Waals surface area contributed by atoms with Crippen molar-refractivity contribution >= 4 is 5.97 Å². The zero-order valence-corrected chi connectivity index (χ0v) is 6.10. The molecule has 0 aromatic rings. The van der Waals surface area contributed by atoms with Gasteiger partial charge in [0.1, 0.15) is 0 Å². The van der Waals surface area contributed by atoms with Crippen LogP contribution < -0.4 is 18.3 Å².